The molecule has 0 bridgehead atoms. The van der Waals surface area contributed by atoms with Crippen LogP contribution in [-0.4, -0.2) is 49.5 Å². The van der Waals surface area contributed by atoms with Gasteiger partial charge in [-0.15, -0.1) is 0 Å². The molecular formula is C14H28N2O3S. The lowest BCUT2D eigenvalue weighted by Gasteiger charge is -2.27. The summed E-state index contributed by atoms with van der Waals surface area (Å²) in [7, 11) is -3.04. The third kappa shape index (κ3) is 4.45. The van der Waals surface area contributed by atoms with Crippen LogP contribution in [0.2, 0.25) is 0 Å². The number of rotatable bonds is 7. The van der Waals surface area contributed by atoms with Gasteiger partial charge >= 0.3 is 0 Å². The molecule has 1 N–H and O–H groups in total. The van der Waals surface area contributed by atoms with Crippen molar-refractivity contribution < 1.29 is 13.2 Å². The maximum Gasteiger partial charge on any atom is 0.241 e. The van der Waals surface area contributed by atoms with Crippen molar-refractivity contribution in [2.24, 2.45) is 11.8 Å². The number of hydrogen-bond donors (Lipinski definition) is 1. The Balaban J connectivity index is 2.77. The van der Waals surface area contributed by atoms with Gasteiger partial charge in [-0.2, -0.15) is 0 Å². The van der Waals surface area contributed by atoms with Gasteiger partial charge in [-0.05, 0) is 18.3 Å². The Morgan fingerprint density at radius 2 is 1.85 bits per heavy atom. The fourth-order valence-corrected chi connectivity index (χ4v) is 3.29. The van der Waals surface area contributed by atoms with E-state index in [9.17, 15) is 13.2 Å². The van der Waals surface area contributed by atoms with Crippen molar-refractivity contribution in [1.29, 1.82) is 0 Å². The number of nitrogens with one attached hydrogen (secondary N) is 1. The summed E-state index contributed by atoms with van der Waals surface area (Å²) in [5.74, 6) is 0.923. The SMILES string of the molecule is CCS(=O)(=O)CCN1C(=O)C(CC(C)C)NC1C(C)C. The van der Waals surface area contributed by atoms with Crippen molar-refractivity contribution in [3.05, 3.63) is 0 Å². The van der Waals surface area contributed by atoms with Crippen LogP contribution >= 0.6 is 0 Å². The summed E-state index contributed by atoms with van der Waals surface area (Å²) in [6.45, 7) is 10.2. The van der Waals surface area contributed by atoms with Gasteiger partial charge in [0.1, 0.15) is 0 Å². The second-order valence-electron chi connectivity index (χ2n) is 6.31. The molecule has 0 spiro atoms. The topological polar surface area (TPSA) is 66.5 Å². The monoisotopic (exact) mass is 304 g/mol. The number of carbonyl (C=O) groups excluding carboxylic acids is 1. The fourth-order valence-electron chi connectivity index (χ4n) is 2.53. The first-order valence-electron chi connectivity index (χ1n) is 7.45. The van der Waals surface area contributed by atoms with E-state index in [1.165, 1.54) is 0 Å². The van der Waals surface area contributed by atoms with Gasteiger partial charge in [0.05, 0.1) is 18.0 Å². The van der Waals surface area contributed by atoms with E-state index in [1.807, 2.05) is 13.8 Å². The smallest absolute Gasteiger partial charge is 0.241 e. The molecule has 1 saturated heterocycles. The van der Waals surface area contributed by atoms with Crippen LogP contribution in [0.3, 0.4) is 0 Å². The van der Waals surface area contributed by atoms with Gasteiger partial charge in [0, 0.05) is 12.3 Å². The molecule has 20 heavy (non-hydrogen) atoms. The van der Waals surface area contributed by atoms with Gasteiger partial charge in [-0.1, -0.05) is 34.6 Å². The summed E-state index contributed by atoms with van der Waals surface area (Å²) in [5, 5.41) is 3.36. The normalized spacial score (nSPS) is 24.1. The maximum absolute atomic E-state index is 12.4. The number of hydrogen-bond acceptors (Lipinski definition) is 4. The standard InChI is InChI=1S/C14H28N2O3S/c1-6-20(18,19)8-7-16-13(11(4)5)15-12(14(16)17)9-10(2)3/h10-13,15H,6-9H2,1-5H3. The number of sulfone groups is 1. The van der Waals surface area contributed by atoms with Crippen LogP contribution in [0.5, 0.6) is 0 Å². The summed E-state index contributed by atoms with van der Waals surface area (Å²) in [6.07, 6.45) is 0.734. The zero-order valence-electron chi connectivity index (χ0n) is 13.2. The van der Waals surface area contributed by atoms with Gasteiger partial charge in [0.15, 0.2) is 9.84 Å². The molecule has 1 amide bonds. The molecule has 0 aliphatic carbocycles. The molecule has 1 rings (SSSR count). The fraction of sp³-hybridized carbons (Fsp3) is 0.929. The Hall–Kier alpha value is -0.620. The summed E-state index contributed by atoms with van der Waals surface area (Å²) < 4.78 is 23.3. The summed E-state index contributed by atoms with van der Waals surface area (Å²) in [4.78, 5) is 14.1. The first kappa shape index (κ1) is 17.4. The zero-order chi connectivity index (χ0) is 15.5. The highest BCUT2D eigenvalue weighted by atomic mass is 32.2. The van der Waals surface area contributed by atoms with Gasteiger partial charge in [-0.3, -0.25) is 10.1 Å². The van der Waals surface area contributed by atoms with E-state index in [0.29, 0.717) is 12.5 Å². The minimum Gasteiger partial charge on any atom is -0.325 e. The van der Waals surface area contributed by atoms with Crippen molar-refractivity contribution in [2.45, 2.75) is 53.2 Å². The molecular weight excluding hydrogens is 276 g/mol. The van der Waals surface area contributed by atoms with E-state index in [-0.39, 0.29) is 35.5 Å². The molecule has 1 aliphatic rings. The van der Waals surface area contributed by atoms with Gasteiger partial charge in [-0.25, -0.2) is 8.42 Å². The van der Waals surface area contributed by atoms with E-state index in [4.69, 9.17) is 0 Å². The van der Waals surface area contributed by atoms with Gasteiger partial charge in [0.2, 0.25) is 5.91 Å². The van der Waals surface area contributed by atoms with Gasteiger partial charge < -0.3 is 4.90 Å². The van der Waals surface area contributed by atoms with E-state index >= 15 is 0 Å². The zero-order valence-corrected chi connectivity index (χ0v) is 14.0. The van der Waals surface area contributed by atoms with Gasteiger partial charge in [0.25, 0.3) is 0 Å². The number of nitrogens with zero attached hydrogens (tertiary/aromatic N) is 1. The molecule has 1 aliphatic heterocycles. The Bertz CT molecular complexity index is 432. The highest BCUT2D eigenvalue weighted by Gasteiger charge is 2.40. The third-order valence-electron chi connectivity index (χ3n) is 3.71. The van der Waals surface area contributed by atoms with Crippen molar-refractivity contribution in [3.8, 4) is 0 Å². The van der Waals surface area contributed by atoms with Crippen LogP contribution in [0.1, 0.15) is 41.0 Å². The molecule has 0 aromatic rings. The Morgan fingerprint density at radius 1 is 1.25 bits per heavy atom. The average Bonchev–Trinajstić information content (AvgIpc) is 2.64. The van der Waals surface area contributed by atoms with Crippen LogP contribution < -0.4 is 5.32 Å². The Labute approximate surface area is 123 Å². The molecule has 1 fully saturated rings. The second kappa shape index (κ2) is 6.89. The summed E-state index contributed by atoms with van der Waals surface area (Å²) in [6, 6.07) is -0.174. The predicted molar refractivity (Wildman–Crippen MR) is 81.0 cm³/mol. The molecule has 118 valence electrons. The lowest BCUT2D eigenvalue weighted by Crippen LogP contribution is -2.43. The Morgan fingerprint density at radius 3 is 2.30 bits per heavy atom. The van der Waals surface area contributed by atoms with E-state index in [1.54, 1.807) is 11.8 Å². The van der Waals surface area contributed by atoms with Crippen LogP contribution in [-0.2, 0) is 14.6 Å². The molecule has 0 radical (unpaired) electrons. The van der Waals surface area contributed by atoms with Crippen LogP contribution in [0, 0.1) is 11.8 Å². The molecule has 2 atom stereocenters. The highest BCUT2D eigenvalue weighted by Crippen LogP contribution is 2.21. The van der Waals surface area contributed by atoms with E-state index < -0.39 is 9.84 Å². The van der Waals surface area contributed by atoms with Crippen LogP contribution in [0.25, 0.3) is 0 Å². The first-order valence-corrected chi connectivity index (χ1v) is 9.27. The van der Waals surface area contributed by atoms with Crippen molar-refractivity contribution in [2.75, 3.05) is 18.1 Å². The number of carbonyl (C=O) groups is 1. The molecule has 1 heterocycles. The molecule has 5 nitrogen and oxygen atoms in total. The largest absolute Gasteiger partial charge is 0.325 e. The second-order valence-corrected chi connectivity index (χ2v) is 8.78. The highest BCUT2D eigenvalue weighted by molar-refractivity contribution is 7.91. The van der Waals surface area contributed by atoms with Crippen LogP contribution in [0.4, 0.5) is 0 Å². The lowest BCUT2D eigenvalue weighted by molar-refractivity contribution is -0.130. The summed E-state index contributed by atoms with van der Waals surface area (Å²) >= 11 is 0. The minimum atomic E-state index is -3.04. The average molecular weight is 304 g/mol. The number of amides is 1. The minimum absolute atomic E-state index is 0.0451. The Kier molecular flexibility index (Phi) is 6.01. The van der Waals surface area contributed by atoms with E-state index in [0.717, 1.165) is 6.42 Å². The quantitative estimate of drug-likeness (QED) is 0.769. The van der Waals surface area contributed by atoms with E-state index in [2.05, 4.69) is 19.2 Å². The molecule has 2 unspecified atom stereocenters. The van der Waals surface area contributed by atoms with Crippen LogP contribution in [0.15, 0.2) is 0 Å². The summed E-state index contributed by atoms with van der Waals surface area (Å²) in [5.41, 5.74) is 0. The van der Waals surface area contributed by atoms with Crippen molar-refractivity contribution >= 4 is 15.7 Å². The first-order chi connectivity index (χ1) is 9.18. The molecule has 6 heteroatoms. The molecule has 0 aromatic heterocycles. The van der Waals surface area contributed by atoms with Crippen molar-refractivity contribution in [1.82, 2.24) is 10.2 Å². The predicted octanol–water partition coefficient (Wildman–Crippen LogP) is 1.25. The molecule has 0 aromatic carbocycles. The molecule has 0 saturated carbocycles. The lowest BCUT2D eigenvalue weighted by atomic mass is 10.0. The van der Waals surface area contributed by atoms with Crippen molar-refractivity contribution in [3.63, 3.8) is 0 Å². The maximum atomic E-state index is 12.4. The third-order valence-corrected chi connectivity index (χ3v) is 5.39.